The lowest BCUT2D eigenvalue weighted by Gasteiger charge is -2.23. The van der Waals surface area contributed by atoms with Crippen LogP contribution in [0.2, 0.25) is 0 Å². The Labute approximate surface area is 122 Å². The second kappa shape index (κ2) is 7.81. The standard InChI is InChI=1S/C16H28N2O2/c1-4-18(12-15-6-5-8-19-15)11-14-7-9-20-16(14)10-17-13(2)3/h7,9,13,15,17H,4-6,8,10-12H2,1-3H3. The Bertz CT molecular complexity index is 384. The Hall–Kier alpha value is -0.840. The minimum atomic E-state index is 0.416. The summed E-state index contributed by atoms with van der Waals surface area (Å²) >= 11 is 0. The number of hydrogen-bond donors (Lipinski definition) is 1. The first-order valence-corrected chi connectivity index (χ1v) is 7.81. The highest BCUT2D eigenvalue weighted by Gasteiger charge is 2.19. The summed E-state index contributed by atoms with van der Waals surface area (Å²) in [5.74, 6) is 1.06. The molecule has 2 heterocycles. The quantitative estimate of drug-likeness (QED) is 0.794. The van der Waals surface area contributed by atoms with Crippen molar-refractivity contribution in [1.82, 2.24) is 10.2 Å². The van der Waals surface area contributed by atoms with Crippen molar-refractivity contribution in [2.45, 2.75) is 58.8 Å². The van der Waals surface area contributed by atoms with Crippen LogP contribution in [0.25, 0.3) is 0 Å². The third-order valence-electron chi connectivity index (χ3n) is 3.84. The van der Waals surface area contributed by atoms with Gasteiger partial charge in [0.1, 0.15) is 5.76 Å². The first-order chi connectivity index (χ1) is 9.69. The Morgan fingerprint density at radius 2 is 2.30 bits per heavy atom. The summed E-state index contributed by atoms with van der Waals surface area (Å²) in [6.45, 7) is 11.3. The van der Waals surface area contributed by atoms with Crippen LogP contribution in [0.3, 0.4) is 0 Å². The first-order valence-electron chi connectivity index (χ1n) is 7.81. The van der Waals surface area contributed by atoms with Gasteiger partial charge in [0.25, 0.3) is 0 Å². The van der Waals surface area contributed by atoms with Gasteiger partial charge in [0, 0.05) is 31.3 Å². The van der Waals surface area contributed by atoms with Gasteiger partial charge in [-0.25, -0.2) is 0 Å². The van der Waals surface area contributed by atoms with Gasteiger partial charge in [-0.05, 0) is 25.5 Å². The van der Waals surface area contributed by atoms with Crippen LogP contribution >= 0.6 is 0 Å². The SMILES string of the molecule is CCN(Cc1ccoc1CNC(C)C)CC1CCCO1. The van der Waals surface area contributed by atoms with E-state index in [9.17, 15) is 0 Å². The van der Waals surface area contributed by atoms with Gasteiger partial charge < -0.3 is 14.5 Å². The third-order valence-corrected chi connectivity index (χ3v) is 3.84. The summed E-state index contributed by atoms with van der Waals surface area (Å²) < 4.78 is 11.3. The Morgan fingerprint density at radius 1 is 1.45 bits per heavy atom. The van der Waals surface area contributed by atoms with E-state index in [1.807, 2.05) is 0 Å². The zero-order valence-corrected chi connectivity index (χ0v) is 13.0. The number of nitrogens with zero attached hydrogens (tertiary/aromatic N) is 1. The van der Waals surface area contributed by atoms with Crippen molar-refractivity contribution in [2.24, 2.45) is 0 Å². The molecule has 1 N–H and O–H groups in total. The molecular formula is C16H28N2O2. The molecule has 1 aliphatic rings. The lowest BCUT2D eigenvalue weighted by Crippen LogP contribution is -2.32. The maximum absolute atomic E-state index is 5.74. The predicted octanol–water partition coefficient (Wildman–Crippen LogP) is 2.78. The molecule has 0 saturated carbocycles. The smallest absolute Gasteiger partial charge is 0.122 e. The lowest BCUT2D eigenvalue weighted by molar-refractivity contribution is 0.0723. The molecule has 4 nitrogen and oxygen atoms in total. The van der Waals surface area contributed by atoms with Crippen LogP contribution in [0, 0.1) is 0 Å². The number of rotatable bonds is 8. The van der Waals surface area contributed by atoms with Crippen molar-refractivity contribution in [2.75, 3.05) is 19.7 Å². The summed E-state index contributed by atoms with van der Waals surface area (Å²) in [7, 11) is 0. The van der Waals surface area contributed by atoms with Crippen LogP contribution in [0.1, 0.15) is 44.9 Å². The molecule has 1 atom stereocenters. The van der Waals surface area contributed by atoms with Crippen LogP contribution in [0.15, 0.2) is 16.7 Å². The molecule has 0 aliphatic carbocycles. The van der Waals surface area contributed by atoms with Crippen molar-refractivity contribution in [3.63, 3.8) is 0 Å². The van der Waals surface area contributed by atoms with Gasteiger partial charge >= 0.3 is 0 Å². The summed E-state index contributed by atoms with van der Waals surface area (Å²) in [4.78, 5) is 2.44. The lowest BCUT2D eigenvalue weighted by atomic mass is 10.2. The molecule has 0 spiro atoms. The highest BCUT2D eigenvalue weighted by atomic mass is 16.5. The number of nitrogens with one attached hydrogen (secondary N) is 1. The second-order valence-corrected chi connectivity index (χ2v) is 5.87. The Morgan fingerprint density at radius 3 is 2.95 bits per heavy atom. The molecule has 0 aromatic carbocycles. The van der Waals surface area contributed by atoms with E-state index in [1.165, 1.54) is 18.4 Å². The topological polar surface area (TPSA) is 37.6 Å². The monoisotopic (exact) mass is 280 g/mol. The van der Waals surface area contributed by atoms with Crippen molar-refractivity contribution >= 4 is 0 Å². The van der Waals surface area contributed by atoms with Gasteiger partial charge in [0.05, 0.1) is 18.9 Å². The van der Waals surface area contributed by atoms with Crippen LogP contribution in [-0.4, -0.2) is 36.7 Å². The van der Waals surface area contributed by atoms with E-state index < -0.39 is 0 Å². The molecule has 20 heavy (non-hydrogen) atoms. The van der Waals surface area contributed by atoms with E-state index in [2.05, 4.69) is 37.1 Å². The van der Waals surface area contributed by atoms with E-state index in [0.717, 1.165) is 38.5 Å². The number of hydrogen-bond acceptors (Lipinski definition) is 4. The van der Waals surface area contributed by atoms with E-state index in [4.69, 9.17) is 9.15 Å². The van der Waals surface area contributed by atoms with Crippen molar-refractivity contribution in [1.29, 1.82) is 0 Å². The van der Waals surface area contributed by atoms with Gasteiger partial charge in [0.15, 0.2) is 0 Å². The molecular weight excluding hydrogens is 252 g/mol. The van der Waals surface area contributed by atoms with E-state index in [-0.39, 0.29) is 0 Å². The molecule has 1 aliphatic heterocycles. The highest BCUT2D eigenvalue weighted by Crippen LogP contribution is 2.17. The minimum Gasteiger partial charge on any atom is -0.468 e. The highest BCUT2D eigenvalue weighted by molar-refractivity contribution is 5.17. The summed E-state index contributed by atoms with van der Waals surface area (Å²) in [6.07, 6.45) is 4.62. The fourth-order valence-corrected chi connectivity index (χ4v) is 2.58. The largest absolute Gasteiger partial charge is 0.468 e. The molecule has 1 fully saturated rings. The molecule has 0 amide bonds. The molecule has 0 radical (unpaired) electrons. The maximum Gasteiger partial charge on any atom is 0.122 e. The zero-order valence-electron chi connectivity index (χ0n) is 13.0. The van der Waals surface area contributed by atoms with Crippen molar-refractivity contribution < 1.29 is 9.15 Å². The molecule has 1 saturated heterocycles. The normalized spacial score (nSPS) is 19.4. The molecule has 1 aromatic rings. The van der Waals surface area contributed by atoms with Crippen LogP contribution in [0.4, 0.5) is 0 Å². The number of furan rings is 1. The molecule has 0 bridgehead atoms. The zero-order chi connectivity index (χ0) is 14.4. The van der Waals surface area contributed by atoms with E-state index in [1.54, 1.807) is 6.26 Å². The fourth-order valence-electron chi connectivity index (χ4n) is 2.58. The van der Waals surface area contributed by atoms with Crippen LogP contribution in [0.5, 0.6) is 0 Å². The minimum absolute atomic E-state index is 0.416. The van der Waals surface area contributed by atoms with Gasteiger partial charge in [-0.15, -0.1) is 0 Å². The predicted molar refractivity (Wildman–Crippen MR) is 80.6 cm³/mol. The third kappa shape index (κ3) is 4.62. The average molecular weight is 280 g/mol. The van der Waals surface area contributed by atoms with Gasteiger partial charge in [-0.2, -0.15) is 0 Å². The molecule has 114 valence electrons. The molecule has 1 aromatic heterocycles. The van der Waals surface area contributed by atoms with Crippen LogP contribution < -0.4 is 5.32 Å². The Kier molecular flexibility index (Phi) is 6.07. The van der Waals surface area contributed by atoms with E-state index in [0.29, 0.717) is 12.1 Å². The summed E-state index contributed by atoms with van der Waals surface area (Å²) in [5.41, 5.74) is 1.29. The van der Waals surface area contributed by atoms with E-state index >= 15 is 0 Å². The summed E-state index contributed by atoms with van der Waals surface area (Å²) in [6, 6.07) is 2.57. The first kappa shape index (κ1) is 15.5. The van der Waals surface area contributed by atoms with Crippen LogP contribution in [-0.2, 0) is 17.8 Å². The fraction of sp³-hybridized carbons (Fsp3) is 0.750. The van der Waals surface area contributed by atoms with Gasteiger partial charge in [0.2, 0.25) is 0 Å². The van der Waals surface area contributed by atoms with Crippen molar-refractivity contribution in [3.05, 3.63) is 23.7 Å². The molecule has 2 rings (SSSR count). The van der Waals surface area contributed by atoms with Gasteiger partial charge in [-0.1, -0.05) is 20.8 Å². The molecule has 4 heteroatoms. The number of ether oxygens (including phenoxy) is 1. The van der Waals surface area contributed by atoms with Gasteiger partial charge in [-0.3, -0.25) is 4.90 Å². The maximum atomic E-state index is 5.74. The summed E-state index contributed by atoms with van der Waals surface area (Å²) in [5, 5.41) is 3.42. The number of likely N-dealkylation sites (N-methyl/N-ethyl adjacent to an activating group) is 1. The second-order valence-electron chi connectivity index (χ2n) is 5.87. The Balaban J connectivity index is 1.88. The average Bonchev–Trinajstić information content (AvgIpc) is 3.07. The molecule has 1 unspecified atom stereocenters. The van der Waals surface area contributed by atoms with Crippen molar-refractivity contribution in [3.8, 4) is 0 Å².